The van der Waals surface area contributed by atoms with Crippen LogP contribution in [0.5, 0.6) is 5.75 Å². The summed E-state index contributed by atoms with van der Waals surface area (Å²) in [5.74, 6) is -0.569. The predicted octanol–water partition coefficient (Wildman–Crippen LogP) is 5.14. The first kappa shape index (κ1) is 19.1. The second kappa shape index (κ2) is 8.01. The highest BCUT2D eigenvalue weighted by atomic mass is 32.1. The van der Waals surface area contributed by atoms with Crippen LogP contribution in [0.25, 0.3) is 11.3 Å². The van der Waals surface area contributed by atoms with Crippen LogP contribution in [0, 0.1) is 11.6 Å². The van der Waals surface area contributed by atoms with Gasteiger partial charge in [-0.05, 0) is 23.8 Å². The molecule has 3 aromatic rings. The van der Waals surface area contributed by atoms with Gasteiger partial charge in [0.1, 0.15) is 29.4 Å². The number of halogens is 2. The predicted molar refractivity (Wildman–Crippen MR) is 107 cm³/mol. The number of hydrogen-bond acceptors (Lipinski definition) is 3. The van der Waals surface area contributed by atoms with Crippen LogP contribution in [0.1, 0.15) is 28.2 Å². The second-order valence-electron chi connectivity index (χ2n) is 6.61. The van der Waals surface area contributed by atoms with E-state index >= 15 is 0 Å². The van der Waals surface area contributed by atoms with E-state index in [1.165, 1.54) is 30.3 Å². The Morgan fingerprint density at radius 1 is 0.897 bits per heavy atom. The van der Waals surface area contributed by atoms with E-state index in [9.17, 15) is 17.8 Å². The molecule has 0 saturated carbocycles. The van der Waals surface area contributed by atoms with Crippen LogP contribution in [0.3, 0.4) is 0 Å². The van der Waals surface area contributed by atoms with Crippen LogP contribution in [0.4, 0.5) is 8.78 Å². The van der Waals surface area contributed by atoms with Crippen LogP contribution in [0.2, 0.25) is 0 Å². The lowest BCUT2D eigenvalue weighted by Crippen LogP contribution is -2.16. The van der Waals surface area contributed by atoms with Gasteiger partial charge in [0.05, 0.1) is 5.92 Å². The fourth-order valence-electron chi connectivity index (χ4n) is 3.43. The largest absolute Gasteiger partial charge is 0.463 e. The highest BCUT2D eigenvalue weighted by Gasteiger charge is 2.31. The van der Waals surface area contributed by atoms with Crippen LogP contribution in [0.15, 0.2) is 66.7 Å². The molecule has 0 aliphatic carbocycles. The third-order valence-electron chi connectivity index (χ3n) is 4.81. The highest BCUT2D eigenvalue weighted by Crippen LogP contribution is 2.46. The highest BCUT2D eigenvalue weighted by molar-refractivity contribution is 7.64. The number of ether oxygens (including phenoxy) is 1. The number of carbonyl (C=O) groups is 1. The Bertz CT molecular complexity index is 1110. The molecular formula is C23H15F2O3S+. The van der Waals surface area contributed by atoms with Crippen LogP contribution in [-0.2, 0) is 26.4 Å². The van der Waals surface area contributed by atoms with Gasteiger partial charge in [0.15, 0.2) is 0 Å². The van der Waals surface area contributed by atoms with Gasteiger partial charge in [0, 0.05) is 32.5 Å². The first-order chi connectivity index (χ1) is 14.1. The molecule has 1 unspecified atom stereocenters. The molecule has 1 aliphatic heterocycles. The van der Waals surface area contributed by atoms with Crippen LogP contribution >= 0.6 is 0 Å². The fraction of sp³-hybridized carbons (Fsp3) is 0.0870. The van der Waals surface area contributed by atoms with E-state index in [4.69, 9.17) is 4.74 Å². The molecule has 1 atom stereocenters. The summed E-state index contributed by atoms with van der Waals surface area (Å²) < 4.78 is 44.1. The van der Waals surface area contributed by atoms with Gasteiger partial charge in [-0.15, -0.1) is 0 Å². The Morgan fingerprint density at radius 3 is 2.21 bits per heavy atom. The van der Waals surface area contributed by atoms with Crippen molar-refractivity contribution in [3.8, 4) is 5.75 Å². The second-order valence-corrected chi connectivity index (χ2v) is 7.13. The van der Waals surface area contributed by atoms with Crippen molar-refractivity contribution in [2.75, 3.05) is 0 Å². The molecule has 0 radical (unpaired) electrons. The first-order valence-electron chi connectivity index (χ1n) is 8.87. The number of benzene rings is 3. The fourth-order valence-corrected chi connectivity index (χ4v) is 3.76. The molecule has 6 heteroatoms. The molecule has 4 rings (SSSR count). The third kappa shape index (κ3) is 3.71. The Kier molecular flexibility index (Phi) is 5.27. The summed E-state index contributed by atoms with van der Waals surface area (Å²) in [6.45, 7) is 0. The third-order valence-corrected chi connectivity index (χ3v) is 5.26. The smallest absolute Gasteiger partial charge is 0.456 e. The molecule has 0 N–H and O–H groups in total. The Hall–Kier alpha value is -3.25. The molecule has 0 amide bonds. The number of fused-ring (bicyclic) bond motifs is 1. The molecule has 1 aliphatic rings. The van der Waals surface area contributed by atoms with E-state index < -0.39 is 17.6 Å². The molecule has 0 bridgehead atoms. The number of rotatable bonds is 5. The van der Waals surface area contributed by atoms with E-state index in [1.807, 2.05) is 0 Å². The molecule has 3 aromatic carbocycles. The maximum atomic E-state index is 13.8. The molecular weight excluding hydrogens is 394 g/mol. The number of hydrogen-bond donors (Lipinski definition) is 0. The van der Waals surface area contributed by atoms with E-state index in [2.05, 4.69) is 0 Å². The summed E-state index contributed by atoms with van der Waals surface area (Å²) in [6, 6.07) is 17.0. The van der Waals surface area contributed by atoms with E-state index in [1.54, 1.807) is 36.4 Å². The summed E-state index contributed by atoms with van der Waals surface area (Å²) >= 11 is 0.474. The van der Waals surface area contributed by atoms with E-state index in [0.717, 1.165) is 11.8 Å². The molecule has 1 heterocycles. The lowest BCUT2D eigenvalue weighted by Gasteiger charge is -2.28. The van der Waals surface area contributed by atoms with Crippen LogP contribution < -0.4 is 4.74 Å². The van der Waals surface area contributed by atoms with Crippen molar-refractivity contribution in [3.63, 3.8) is 0 Å². The SMILES string of the molecule is O=CC1C(c2ccc(F)cc2)=C(c2ccc(C[S+]=O)cc2)Oc2cc(F)ccc21. The van der Waals surface area contributed by atoms with Gasteiger partial charge < -0.3 is 9.53 Å². The summed E-state index contributed by atoms with van der Waals surface area (Å²) in [4.78, 5) is 12.1. The normalized spacial score (nSPS) is 15.4. The first-order valence-corrected chi connectivity index (χ1v) is 9.78. The average Bonchev–Trinajstić information content (AvgIpc) is 2.74. The van der Waals surface area contributed by atoms with Crippen molar-refractivity contribution in [2.45, 2.75) is 11.7 Å². The zero-order valence-electron chi connectivity index (χ0n) is 15.1. The minimum atomic E-state index is -0.698. The minimum Gasteiger partial charge on any atom is -0.456 e. The van der Waals surface area contributed by atoms with Gasteiger partial charge >= 0.3 is 11.7 Å². The lowest BCUT2D eigenvalue weighted by molar-refractivity contribution is -0.108. The van der Waals surface area contributed by atoms with E-state index in [-0.39, 0.29) is 5.75 Å². The topological polar surface area (TPSA) is 43.4 Å². The number of aldehydes is 1. The van der Waals surface area contributed by atoms with E-state index in [0.29, 0.717) is 45.4 Å². The van der Waals surface area contributed by atoms with Crippen molar-refractivity contribution < 1.29 is 22.5 Å². The Morgan fingerprint density at radius 2 is 1.55 bits per heavy atom. The van der Waals surface area contributed by atoms with Gasteiger partial charge in [-0.25, -0.2) is 8.78 Å². The summed E-state index contributed by atoms with van der Waals surface area (Å²) in [5, 5.41) is 0. The van der Waals surface area contributed by atoms with Gasteiger partial charge in [-0.3, -0.25) is 0 Å². The Labute approximate surface area is 170 Å². The maximum Gasteiger partial charge on any atom is 0.463 e. The van der Waals surface area contributed by atoms with Gasteiger partial charge in [-0.2, -0.15) is 0 Å². The number of allylic oxidation sites excluding steroid dienone is 1. The van der Waals surface area contributed by atoms with Gasteiger partial charge in [0.25, 0.3) is 5.75 Å². The standard InChI is InChI=1S/C23H15F2O3S/c24-17-7-5-15(6-8-17)22-20(12-26)19-10-9-18(25)11-21(19)28-23(22)16-3-1-14(2-4-16)13-29-27/h1-12,20H,13H2/q+1. The Balaban J connectivity index is 1.92. The zero-order valence-corrected chi connectivity index (χ0v) is 15.9. The monoisotopic (exact) mass is 409 g/mol. The van der Waals surface area contributed by atoms with Crippen molar-refractivity contribution in [1.82, 2.24) is 0 Å². The van der Waals surface area contributed by atoms with Crippen LogP contribution in [-0.4, -0.2) is 6.29 Å². The average molecular weight is 409 g/mol. The minimum absolute atomic E-state index is 0.266. The molecule has 0 aromatic heterocycles. The number of carbonyl (C=O) groups excluding carboxylic acids is 1. The van der Waals surface area contributed by atoms with Crippen molar-refractivity contribution >= 4 is 29.3 Å². The molecule has 144 valence electrons. The molecule has 0 spiro atoms. The summed E-state index contributed by atoms with van der Waals surface area (Å²) in [7, 11) is 0. The quantitative estimate of drug-likeness (QED) is 0.433. The van der Waals surface area contributed by atoms with Gasteiger partial charge in [-0.1, -0.05) is 42.5 Å². The van der Waals surface area contributed by atoms with Crippen molar-refractivity contribution in [3.05, 3.63) is 101 Å². The molecule has 3 nitrogen and oxygen atoms in total. The molecule has 0 fully saturated rings. The molecule has 0 saturated heterocycles. The van der Waals surface area contributed by atoms with Gasteiger partial charge in [0.2, 0.25) is 0 Å². The van der Waals surface area contributed by atoms with Crippen molar-refractivity contribution in [1.29, 1.82) is 0 Å². The summed E-state index contributed by atoms with van der Waals surface area (Å²) in [5.41, 5.74) is 3.28. The lowest BCUT2D eigenvalue weighted by atomic mass is 9.83. The zero-order chi connectivity index (χ0) is 20.4. The van der Waals surface area contributed by atoms with Crippen molar-refractivity contribution in [2.24, 2.45) is 0 Å². The summed E-state index contributed by atoms with van der Waals surface area (Å²) in [6.07, 6.45) is 0.778. The maximum absolute atomic E-state index is 13.8. The molecule has 29 heavy (non-hydrogen) atoms.